The molecule has 1 aromatic heterocycles. The summed E-state index contributed by atoms with van der Waals surface area (Å²) in [6.45, 7) is 7.01. The largest absolute Gasteiger partial charge is 0.368 e. The molecule has 0 radical (unpaired) electrons. The molecule has 32 heavy (non-hydrogen) atoms. The van der Waals surface area contributed by atoms with E-state index in [1.807, 2.05) is 4.90 Å². The molecule has 1 aliphatic heterocycles. The average Bonchev–Trinajstić information content (AvgIpc) is 3.27. The van der Waals surface area contributed by atoms with Crippen molar-refractivity contribution in [2.45, 2.75) is 24.6 Å². The van der Waals surface area contributed by atoms with Gasteiger partial charge >= 0.3 is 0 Å². The van der Waals surface area contributed by atoms with Gasteiger partial charge in [-0.1, -0.05) is 48.2 Å². The Kier molecular flexibility index (Phi) is 7.26. The molecule has 1 aliphatic rings. The number of hydrogen-bond acceptors (Lipinski definition) is 7. The van der Waals surface area contributed by atoms with E-state index in [0.29, 0.717) is 18.8 Å². The van der Waals surface area contributed by atoms with E-state index in [1.165, 1.54) is 46.4 Å². The minimum Gasteiger partial charge on any atom is -0.368 e. The Morgan fingerprint density at radius 3 is 2.59 bits per heavy atom. The second-order valence-corrected chi connectivity index (χ2v) is 9.79. The maximum absolute atomic E-state index is 13.1. The average molecular weight is 472 g/mol. The summed E-state index contributed by atoms with van der Waals surface area (Å²) in [5.74, 6) is 0.209. The number of amides is 1. The maximum atomic E-state index is 13.1. The van der Waals surface area contributed by atoms with E-state index in [-0.39, 0.29) is 11.7 Å². The van der Waals surface area contributed by atoms with Gasteiger partial charge in [0.25, 0.3) is 0 Å². The topological polar surface area (TPSA) is 61.4 Å². The van der Waals surface area contributed by atoms with Crippen LogP contribution in [-0.4, -0.2) is 52.9 Å². The molecule has 0 unspecified atom stereocenters. The summed E-state index contributed by atoms with van der Waals surface area (Å²) in [7, 11) is 0. The van der Waals surface area contributed by atoms with Crippen LogP contribution in [0.25, 0.3) is 0 Å². The van der Waals surface area contributed by atoms with Crippen molar-refractivity contribution in [1.29, 1.82) is 0 Å². The number of anilines is 3. The first-order valence-corrected chi connectivity index (χ1v) is 12.4. The van der Waals surface area contributed by atoms with Gasteiger partial charge in [-0.3, -0.25) is 4.79 Å². The second kappa shape index (κ2) is 10.3. The number of para-hydroxylation sites is 1. The van der Waals surface area contributed by atoms with Crippen LogP contribution in [0.15, 0.2) is 46.8 Å². The van der Waals surface area contributed by atoms with Crippen molar-refractivity contribution in [3.8, 4) is 0 Å². The van der Waals surface area contributed by atoms with Crippen molar-refractivity contribution < 1.29 is 9.18 Å². The zero-order valence-corrected chi connectivity index (χ0v) is 19.8. The molecule has 2 heterocycles. The SMILES string of the molecule is CCc1cccc(C)c1Nc1nnc(SCC(=O)N2CCN(c3ccc(F)cc3)CC2)s1. The number of piperazine rings is 1. The lowest BCUT2D eigenvalue weighted by molar-refractivity contribution is -0.128. The van der Waals surface area contributed by atoms with Crippen LogP contribution in [0, 0.1) is 12.7 Å². The normalized spacial score (nSPS) is 14.0. The number of aryl methyl sites for hydroxylation is 2. The molecule has 6 nitrogen and oxygen atoms in total. The van der Waals surface area contributed by atoms with Crippen LogP contribution >= 0.6 is 23.1 Å². The van der Waals surface area contributed by atoms with E-state index in [2.05, 4.69) is 52.5 Å². The number of aromatic nitrogens is 2. The van der Waals surface area contributed by atoms with Crippen LogP contribution in [0.2, 0.25) is 0 Å². The van der Waals surface area contributed by atoms with Crippen LogP contribution < -0.4 is 10.2 Å². The number of hydrogen-bond donors (Lipinski definition) is 1. The minimum absolute atomic E-state index is 0.102. The van der Waals surface area contributed by atoms with E-state index < -0.39 is 0 Å². The third kappa shape index (κ3) is 5.39. The summed E-state index contributed by atoms with van der Waals surface area (Å²) in [4.78, 5) is 16.7. The highest BCUT2D eigenvalue weighted by molar-refractivity contribution is 8.01. The lowest BCUT2D eigenvalue weighted by Crippen LogP contribution is -2.49. The molecule has 0 saturated carbocycles. The molecule has 1 fully saturated rings. The highest BCUT2D eigenvalue weighted by Gasteiger charge is 2.22. The monoisotopic (exact) mass is 471 g/mol. The first kappa shape index (κ1) is 22.5. The van der Waals surface area contributed by atoms with Gasteiger partial charge < -0.3 is 15.1 Å². The molecule has 4 rings (SSSR count). The lowest BCUT2D eigenvalue weighted by Gasteiger charge is -2.36. The number of nitrogens with one attached hydrogen (secondary N) is 1. The van der Waals surface area contributed by atoms with E-state index >= 15 is 0 Å². The van der Waals surface area contributed by atoms with Gasteiger partial charge in [-0.2, -0.15) is 0 Å². The Morgan fingerprint density at radius 2 is 1.88 bits per heavy atom. The Bertz CT molecular complexity index is 1060. The maximum Gasteiger partial charge on any atom is 0.233 e. The minimum atomic E-state index is -0.237. The van der Waals surface area contributed by atoms with Crippen molar-refractivity contribution >= 4 is 45.5 Å². The first-order valence-electron chi connectivity index (χ1n) is 10.6. The number of nitrogens with zero attached hydrogens (tertiary/aromatic N) is 4. The molecule has 1 amide bonds. The van der Waals surface area contributed by atoms with Gasteiger partial charge in [0.2, 0.25) is 11.0 Å². The molecule has 2 aromatic carbocycles. The Labute approximate surface area is 195 Å². The molecule has 0 spiro atoms. The van der Waals surface area contributed by atoms with E-state index in [9.17, 15) is 9.18 Å². The van der Waals surface area contributed by atoms with Gasteiger partial charge in [0.05, 0.1) is 5.75 Å². The fourth-order valence-electron chi connectivity index (χ4n) is 3.71. The van der Waals surface area contributed by atoms with Crippen LogP contribution in [0.4, 0.5) is 20.9 Å². The first-order chi connectivity index (χ1) is 15.5. The molecule has 168 valence electrons. The van der Waals surface area contributed by atoms with Gasteiger partial charge in [-0.25, -0.2) is 4.39 Å². The number of rotatable bonds is 7. The number of carbonyl (C=O) groups excluding carboxylic acids is 1. The van der Waals surface area contributed by atoms with Gasteiger partial charge in [-0.15, -0.1) is 10.2 Å². The molecule has 1 N–H and O–H groups in total. The fourth-order valence-corrected chi connectivity index (χ4v) is 5.37. The fraction of sp³-hybridized carbons (Fsp3) is 0.348. The predicted molar refractivity (Wildman–Crippen MR) is 130 cm³/mol. The quantitative estimate of drug-likeness (QED) is 0.503. The molecule has 0 bridgehead atoms. The third-order valence-corrected chi connectivity index (χ3v) is 7.48. The molecule has 9 heteroatoms. The predicted octanol–water partition coefficient (Wildman–Crippen LogP) is 4.73. The number of benzene rings is 2. The van der Waals surface area contributed by atoms with Crippen LogP contribution in [0.5, 0.6) is 0 Å². The van der Waals surface area contributed by atoms with Gasteiger partial charge in [0, 0.05) is 37.6 Å². The second-order valence-electron chi connectivity index (χ2n) is 7.59. The summed E-state index contributed by atoms with van der Waals surface area (Å²) < 4.78 is 13.9. The molecular weight excluding hydrogens is 445 g/mol. The van der Waals surface area contributed by atoms with Gasteiger partial charge in [-0.05, 0) is 48.7 Å². The highest BCUT2D eigenvalue weighted by Crippen LogP contribution is 2.31. The molecule has 1 saturated heterocycles. The Morgan fingerprint density at radius 1 is 1.12 bits per heavy atom. The van der Waals surface area contributed by atoms with Crippen molar-refractivity contribution in [3.63, 3.8) is 0 Å². The number of carbonyl (C=O) groups is 1. The summed E-state index contributed by atoms with van der Waals surface area (Å²) in [6.07, 6.45) is 0.938. The van der Waals surface area contributed by atoms with E-state index in [1.54, 1.807) is 12.1 Å². The Balaban J connectivity index is 1.27. The Hall–Kier alpha value is -2.65. The summed E-state index contributed by atoms with van der Waals surface area (Å²) in [5, 5.41) is 12.6. The molecule has 3 aromatic rings. The molecule has 0 atom stereocenters. The van der Waals surface area contributed by atoms with E-state index in [0.717, 1.165) is 40.4 Å². The molecule has 0 aliphatic carbocycles. The summed E-state index contributed by atoms with van der Waals surface area (Å²) in [6, 6.07) is 12.8. The number of thioether (sulfide) groups is 1. The standard InChI is InChI=1S/C23H26FN5OS2/c1-3-17-6-4-5-16(2)21(17)25-22-26-27-23(32-22)31-15-20(30)29-13-11-28(12-14-29)19-9-7-18(24)8-10-19/h4-10H,3,11-15H2,1-2H3,(H,25,26). The zero-order valence-electron chi connectivity index (χ0n) is 18.2. The van der Waals surface area contributed by atoms with Crippen molar-refractivity contribution in [2.24, 2.45) is 0 Å². The van der Waals surface area contributed by atoms with Gasteiger partial charge in [0.1, 0.15) is 5.82 Å². The highest BCUT2D eigenvalue weighted by atomic mass is 32.2. The number of halogens is 1. The van der Waals surface area contributed by atoms with Crippen molar-refractivity contribution in [2.75, 3.05) is 42.1 Å². The van der Waals surface area contributed by atoms with Crippen LogP contribution in [0.3, 0.4) is 0 Å². The van der Waals surface area contributed by atoms with Crippen molar-refractivity contribution in [1.82, 2.24) is 15.1 Å². The van der Waals surface area contributed by atoms with Crippen molar-refractivity contribution in [3.05, 3.63) is 59.4 Å². The lowest BCUT2D eigenvalue weighted by atomic mass is 10.1. The zero-order chi connectivity index (χ0) is 22.5. The molecular formula is C23H26FN5OS2. The third-order valence-electron chi connectivity index (χ3n) is 5.52. The van der Waals surface area contributed by atoms with E-state index in [4.69, 9.17) is 0 Å². The van der Waals surface area contributed by atoms with Crippen LogP contribution in [0.1, 0.15) is 18.1 Å². The van der Waals surface area contributed by atoms with Crippen LogP contribution in [-0.2, 0) is 11.2 Å². The summed E-state index contributed by atoms with van der Waals surface area (Å²) in [5.41, 5.74) is 4.48. The van der Waals surface area contributed by atoms with Gasteiger partial charge in [0.15, 0.2) is 4.34 Å². The summed E-state index contributed by atoms with van der Waals surface area (Å²) >= 11 is 2.89. The smallest absolute Gasteiger partial charge is 0.233 e.